The van der Waals surface area contributed by atoms with Crippen LogP contribution in [-0.4, -0.2) is 41.7 Å². The van der Waals surface area contributed by atoms with Crippen molar-refractivity contribution in [1.82, 2.24) is 5.32 Å². The van der Waals surface area contributed by atoms with Gasteiger partial charge in [0.15, 0.2) is 0 Å². The number of nitrogens with one attached hydrogen (secondary N) is 1. The van der Waals surface area contributed by atoms with Gasteiger partial charge in [0.2, 0.25) is 5.91 Å². The second kappa shape index (κ2) is 11.0. The van der Waals surface area contributed by atoms with Crippen LogP contribution in [-0.2, 0) is 16.0 Å². The van der Waals surface area contributed by atoms with Gasteiger partial charge in [-0.05, 0) is 65.6 Å². The van der Waals surface area contributed by atoms with Crippen LogP contribution in [0.1, 0.15) is 18.1 Å². The molecule has 1 fully saturated rings. The number of carbonyl (C=O) groups is 3. The molecular weight excluding hydrogens is 482 g/mol. The van der Waals surface area contributed by atoms with Crippen LogP contribution in [0.3, 0.4) is 0 Å². The first-order valence-electron chi connectivity index (χ1n) is 11.3. The maximum atomic E-state index is 12.0. The van der Waals surface area contributed by atoms with E-state index in [1.165, 1.54) is 20.3 Å². The summed E-state index contributed by atoms with van der Waals surface area (Å²) in [4.78, 5) is 35.3. The predicted molar refractivity (Wildman–Crippen MR) is 137 cm³/mol. The lowest BCUT2D eigenvalue weighted by Crippen LogP contribution is -2.25. The molecule has 0 unspecified atom stereocenters. The van der Waals surface area contributed by atoms with Crippen LogP contribution in [0, 0.1) is 0 Å². The Balaban J connectivity index is 1.48. The van der Waals surface area contributed by atoms with Crippen LogP contribution >= 0.6 is 11.8 Å². The molecule has 0 spiro atoms. The highest BCUT2D eigenvalue weighted by Gasteiger charge is 2.31. The number of aliphatic carboxylic acids is 1. The molecule has 2 N–H and O–H groups in total. The monoisotopic (exact) mass is 506 g/mol. The molecule has 9 heteroatoms. The standard InChI is InChI=1S/C27H23NO7S/c1-33-21-11-17(12-22(15-21)34-2)13-23(26(30)31)18-5-9-20(10-6-18)35-19-7-3-16(4-8-19)14-24-25(29)28-27(32)36-24/h3-13,15,24H,14H2,1-2H3,(H,30,31)(H,28,29,32)/b23-13+/t24-/m1/s1/i24D. The highest BCUT2D eigenvalue weighted by atomic mass is 32.2. The summed E-state index contributed by atoms with van der Waals surface area (Å²) >= 11 is 0.664. The molecule has 1 saturated heterocycles. The number of carboxylic acids is 1. The number of hydrogen-bond donors (Lipinski definition) is 2. The molecule has 0 aliphatic carbocycles. The maximum absolute atomic E-state index is 12.0. The fourth-order valence-corrected chi connectivity index (χ4v) is 4.26. The van der Waals surface area contributed by atoms with Crippen molar-refractivity contribution >= 4 is 40.5 Å². The second-order valence-electron chi connectivity index (χ2n) is 7.72. The van der Waals surface area contributed by atoms with Gasteiger partial charge in [-0.2, -0.15) is 0 Å². The van der Waals surface area contributed by atoms with Crippen LogP contribution in [0.4, 0.5) is 4.79 Å². The van der Waals surface area contributed by atoms with E-state index in [2.05, 4.69) is 5.32 Å². The van der Waals surface area contributed by atoms with Crippen molar-refractivity contribution in [2.75, 3.05) is 14.2 Å². The van der Waals surface area contributed by atoms with Crippen molar-refractivity contribution in [2.24, 2.45) is 0 Å². The molecule has 4 rings (SSSR count). The van der Waals surface area contributed by atoms with E-state index in [4.69, 9.17) is 15.6 Å². The summed E-state index contributed by atoms with van der Waals surface area (Å²) in [5.74, 6) is 0.394. The smallest absolute Gasteiger partial charge is 0.336 e. The summed E-state index contributed by atoms with van der Waals surface area (Å²) in [6, 6.07) is 18.6. The third-order valence-corrected chi connectivity index (χ3v) is 6.15. The normalized spacial score (nSPS) is 17.8. The Bertz CT molecular complexity index is 1350. The van der Waals surface area contributed by atoms with Gasteiger partial charge in [-0.15, -0.1) is 0 Å². The van der Waals surface area contributed by atoms with Crippen LogP contribution in [0.2, 0.25) is 0 Å². The Hall–Kier alpha value is -4.24. The first kappa shape index (κ1) is 23.5. The fraction of sp³-hybridized carbons (Fsp3) is 0.148. The SMILES string of the molecule is [2H][C@]1(Cc2ccc(Oc3ccc(/C(=C\c4cc(OC)cc(OC)c4)C(=O)O)cc3)cc2)SC(=O)NC1=O. The number of thioether (sulfide) groups is 1. The maximum Gasteiger partial charge on any atom is 0.336 e. The summed E-state index contributed by atoms with van der Waals surface area (Å²) in [5, 5.41) is 9.83. The van der Waals surface area contributed by atoms with Crippen molar-refractivity contribution in [3.63, 3.8) is 0 Å². The highest BCUT2D eigenvalue weighted by Crippen LogP contribution is 2.29. The number of amides is 2. The molecule has 8 nitrogen and oxygen atoms in total. The van der Waals surface area contributed by atoms with Gasteiger partial charge in [-0.25, -0.2) is 4.79 Å². The van der Waals surface area contributed by atoms with Crippen LogP contribution in [0.5, 0.6) is 23.0 Å². The average Bonchev–Trinajstić information content (AvgIpc) is 3.14. The molecule has 1 atom stereocenters. The van der Waals surface area contributed by atoms with E-state index < -0.39 is 22.3 Å². The molecule has 36 heavy (non-hydrogen) atoms. The predicted octanol–water partition coefficient (Wildman–Crippen LogP) is 5.02. The van der Waals surface area contributed by atoms with Gasteiger partial charge in [-0.3, -0.25) is 14.9 Å². The molecule has 2 amide bonds. The number of hydrogen-bond acceptors (Lipinski definition) is 7. The van der Waals surface area contributed by atoms with Gasteiger partial charge in [0.1, 0.15) is 23.0 Å². The molecule has 0 radical (unpaired) electrons. The van der Waals surface area contributed by atoms with Crippen molar-refractivity contribution in [3.8, 4) is 23.0 Å². The lowest BCUT2D eigenvalue weighted by atomic mass is 10.0. The summed E-state index contributed by atoms with van der Waals surface area (Å²) in [6.45, 7) is 0. The van der Waals surface area contributed by atoms with Crippen molar-refractivity contribution in [1.29, 1.82) is 0 Å². The number of ether oxygens (including phenoxy) is 3. The van der Waals surface area contributed by atoms with Gasteiger partial charge in [0.25, 0.3) is 5.24 Å². The van der Waals surface area contributed by atoms with Gasteiger partial charge < -0.3 is 19.3 Å². The molecule has 184 valence electrons. The number of carboxylic acid groups (broad SMARTS) is 1. The Morgan fingerprint density at radius 3 is 2.06 bits per heavy atom. The molecule has 3 aromatic rings. The Labute approximate surface area is 213 Å². The molecule has 1 heterocycles. The zero-order chi connectivity index (χ0) is 26.6. The van der Waals surface area contributed by atoms with Gasteiger partial charge in [0, 0.05) is 6.07 Å². The zero-order valence-electron chi connectivity index (χ0n) is 20.4. The van der Waals surface area contributed by atoms with Crippen LogP contribution in [0.25, 0.3) is 11.6 Å². The van der Waals surface area contributed by atoms with Crippen molar-refractivity contribution in [2.45, 2.75) is 11.6 Å². The lowest BCUT2D eigenvalue weighted by molar-refractivity contribution is -0.130. The zero-order valence-corrected chi connectivity index (χ0v) is 20.3. The van der Waals surface area contributed by atoms with E-state index in [0.29, 0.717) is 51.5 Å². The summed E-state index contributed by atoms with van der Waals surface area (Å²) in [7, 11) is 3.04. The van der Waals surface area contributed by atoms with Gasteiger partial charge >= 0.3 is 5.97 Å². The number of methoxy groups -OCH3 is 2. The Morgan fingerprint density at radius 1 is 0.972 bits per heavy atom. The minimum absolute atomic E-state index is 0.0771. The lowest BCUT2D eigenvalue weighted by Gasteiger charge is -2.10. The van der Waals surface area contributed by atoms with Gasteiger partial charge in [0.05, 0.1) is 26.4 Å². The quantitative estimate of drug-likeness (QED) is 0.308. The summed E-state index contributed by atoms with van der Waals surface area (Å²) < 4.78 is 24.6. The van der Waals surface area contributed by atoms with Gasteiger partial charge in [-0.1, -0.05) is 36.0 Å². The summed E-state index contributed by atoms with van der Waals surface area (Å²) in [5.41, 5.74) is 1.89. The van der Waals surface area contributed by atoms with E-state index in [1.807, 2.05) is 0 Å². The molecule has 1 aliphatic rings. The minimum Gasteiger partial charge on any atom is -0.497 e. The largest absolute Gasteiger partial charge is 0.497 e. The van der Waals surface area contributed by atoms with E-state index in [0.717, 1.165) is 0 Å². The Morgan fingerprint density at radius 2 is 1.56 bits per heavy atom. The summed E-state index contributed by atoms with van der Waals surface area (Å²) in [6.07, 6.45) is 1.62. The third-order valence-electron chi connectivity index (χ3n) is 5.29. The number of rotatable bonds is 9. The number of carbonyl (C=O) groups excluding carboxylic acids is 2. The third kappa shape index (κ3) is 6.05. The fourth-order valence-electron chi connectivity index (χ4n) is 3.51. The second-order valence-corrected chi connectivity index (χ2v) is 8.79. The number of benzene rings is 3. The highest BCUT2D eigenvalue weighted by molar-refractivity contribution is 8.15. The molecule has 1 aliphatic heterocycles. The molecule has 0 aromatic heterocycles. The van der Waals surface area contributed by atoms with E-state index in [1.54, 1.807) is 66.7 Å². The van der Waals surface area contributed by atoms with E-state index in [-0.39, 0.29) is 12.0 Å². The van der Waals surface area contributed by atoms with Crippen molar-refractivity contribution in [3.05, 3.63) is 83.4 Å². The first-order chi connectivity index (χ1) is 17.7. The number of imide groups is 1. The van der Waals surface area contributed by atoms with Crippen LogP contribution < -0.4 is 19.5 Å². The molecule has 3 aromatic carbocycles. The van der Waals surface area contributed by atoms with Crippen LogP contribution in [0.15, 0.2) is 66.7 Å². The first-order valence-corrected chi connectivity index (χ1v) is 11.6. The molecular formula is C27H23NO7S. The topological polar surface area (TPSA) is 111 Å². The molecule has 0 bridgehead atoms. The minimum atomic E-state index is -1.58. The van der Waals surface area contributed by atoms with E-state index in [9.17, 15) is 19.5 Å². The molecule has 0 saturated carbocycles. The average molecular weight is 507 g/mol. The van der Waals surface area contributed by atoms with Crippen molar-refractivity contribution < 1.29 is 35.1 Å². The Kier molecular flexibility index (Phi) is 7.18. The van der Waals surface area contributed by atoms with E-state index >= 15 is 0 Å².